The molecule has 0 aliphatic heterocycles. The van der Waals surface area contributed by atoms with Crippen molar-refractivity contribution in [3.8, 4) is 0 Å². The van der Waals surface area contributed by atoms with Crippen molar-refractivity contribution < 1.29 is 9.53 Å². The Balaban J connectivity index is 2.20. The second-order valence-electron chi connectivity index (χ2n) is 4.14. The van der Waals surface area contributed by atoms with E-state index in [1.807, 2.05) is 18.7 Å². The summed E-state index contributed by atoms with van der Waals surface area (Å²) >= 11 is 0. The van der Waals surface area contributed by atoms with Gasteiger partial charge in [-0.2, -0.15) is 0 Å². The summed E-state index contributed by atoms with van der Waals surface area (Å²) in [5.41, 5.74) is 0. The lowest BCUT2D eigenvalue weighted by molar-refractivity contribution is -0.138. The molecule has 0 bridgehead atoms. The molecule has 1 aliphatic carbocycles. The van der Waals surface area contributed by atoms with Gasteiger partial charge in [-0.05, 0) is 26.7 Å². The summed E-state index contributed by atoms with van der Waals surface area (Å²) in [5, 5.41) is 0. The summed E-state index contributed by atoms with van der Waals surface area (Å²) in [7, 11) is 0. The maximum Gasteiger partial charge on any atom is 0.248 e. The number of likely N-dealkylation sites (N-methyl/N-ethyl adjacent to an activating group) is 1. The van der Waals surface area contributed by atoms with E-state index >= 15 is 0 Å². The van der Waals surface area contributed by atoms with Crippen molar-refractivity contribution in [3.63, 3.8) is 0 Å². The Bertz CT molecular complexity index is 184. The Kier molecular flexibility index (Phi) is 5.69. The van der Waals surface area contributed by atoms with Gasteiger partial charge in [-0.3, -0.25) is 4.79 Å². The van der Waals surface area contributed by atoms with Gasteiger partial charge in [0.15, 0.2) is 0 Å². The average molecular weight is 213 g/mol. The SMILES string of the molecule is CCN(CC)C(=O)COC1CCCCC1. The summed E-state index contributed by atoms with van der Waals surface area (Å²) in [4.78, 5) is 13.5. The van der Waals surface area contributed by atoms with Crippen LogP contribution in [-0.4, -0.2) is 36.6 Å². The van der Waals surface area contributed by atoms with E-state index in [1.165, 1.54) is 19.3 Å². The summed E-state index contributed by atoms with van der Waals surface area (Å²) in [6.45, 7) is 5.84. The molecule has 3 nitrogen and oxygen atoms in total. The van der Waals surface area contributed by atoms with Crippen LogP contribution in [0.3, 0.4) is 0 Å². The third-order valence-electron chi connectivity index (χ3n) is 3.11. The third-order valence-corrected chi connectivity index (χ3v) is 3.11. The molecule has 1 saturated carbocycles. The summed E-state index contributed by atoms with van der Waals surface area (Å²) < 4.78 is 5.64. The highest BCUT2D eigenvalue weighted by Gasteiger charge is 2.16. The van der Waals surface area contributed by atoms with Crippen molar-refractivity contribution in [3.05, 3.63) is 0 Å². The van der Waals surface area contributed by atoms with Crippen LogP contribution in [0, 0.1) is 0 Å². The zero-order chi connectivity index (χ0) is 11.1. The number of amides is 1. The number of hydrogen-bond acceptors (Lipinski definition) is 2. The van der Waals surface area contributed by atoms with Gasteiger partial charge in [0.2, 0.25) is 5.91 Å². The van der Waals surface area contributed by atoms with Crippen molar-refractivity contribution in [2.75, 3.05) is 19.7 Å². The molecule has 0 heterocycles. The largest absolute Gasteiger partial charge is 0.368 e. The molecule has 88 valence electrons. The van der Waals surface area contributed by atoms with Crippen LogP contribution >= 0.6 is 0 Å². The molecule has 1 amide bonds. The molecule has 0 saturated heterocycles. The molecule has 3 heteroatoms. The van der Waals surface area contributed by atoms with Crippen molar-refractivity contribution >= 4 is 5.91 Å². The van der Waals surface area contributed by atoms with Crippen LogP contribution in [0.15, 0.2) is 0 Å². The maximum atomic E-state index is 11.6. The quantitative estimate of drug-likeness (QED) is 0.700. The minimum absolute atomic E-state index is 0.130. The van der Waals surface area contributed by atoms with Crippen molar-refractivity contribution in [2.24, 2.45) is 0 Å². The zero-order valence-corrected chi connectivity index (χ0v) is 10.00. The lowest BCUT2D eigenvalue weighted by Gasteiger charge is -2.24. The van der Waals surface area contributed by atoms with E-state index in [1.54, 1.807) is 0 Å². The normalized spacial score (nSPS) is 17.7. The number of carbonyl (C=O) groups is 1. The maximum absolute atomic E-state index is 11.6. The minimum atomic E-state index is 0.130. The van der Waals surface area contributed by atoms with Gasteiger partial charge in [0, 0.05) is 13.1 Å². The molecule has 15 heavy (non-hydrogen) atoms. The van der Waals surface area contributed by atoms with E-state index in [4.69, 9.17) is 4.74 Å². The average Bonchev–Trinajstić information content (AvgIpc) is 2.29. The number of ether oxygens (including phenoxy) is 1. The van der Waals surface area contributed by atoms with Gasteiger partial charge < -0.3 is 9.64 Å². The first kappa shape index (κ1) is 12.5. The number of hydrogen-bond donors (Lipinski definition) is 0. The predicted molar refractivity (Wildman–Crippen MR) is 60.8 cm³/mol. The molecule has 0 radical (unpaired) electrons. The van der Waals surface area contributed by atoms with Crippen LogP contribution < -0.4 is 0 Å². The molecular formula is C12H23NO2. The summed E-state index contributed by atoms with van der Waals surface area (Å²) in [5.74, 6) is 0.130. The number of rotatable bonds is 5. The van der Waals surface area contributed by atoms with Gasteiger partial charge >= 0.3 is 0 Å². The smallest absolute Gasteiger partial charge is 0.248 e. The van der Waals surface area contributed by atoms with Crippen LogP contribution in [0.25, 0.3) is 0 Å². The van der Waals surface area contributed by atoms with Crippen LogP contribution in [0.4, 0.5) is 0 Å². The first-order chi connectivity index (χ1) is 7.27. The molecule has 0 N–H and O–H groups in total. The first-order valence-electron chi connectivity index (χ1n) is 6.17. The van der Waals surface area contributed by atoms with Crippen LogP contribution in [0.5, 0.6) is 0 Å². The van der Waals surface area contributed by atoms with Crippen molar-refractivity contribution in [1.29, 1.82) is 0 Å². The Hall–Kier alpha value is -0.570. The van der Waals surface area contributed by atoms with E-state index in [9.17, 15) is 4.79 Å². The molecule has 0 spiro atoms. The number of carbonyl (C=O) groups excluding carboxylic acids is 1. The fourth-order valence-electron chi connectivity index (χ4n) is 2.09. The highest BCUT2D eigenvalue weighted by Crippen LogP contribution is 2.20. The molecule has 0 aromatic heterocycles. The van der Waals surface area contributed by atoms with E-state index in [2.05, 4.69) is 0 Å². The molecule has 0 atom stereocenters. The monoisotopic (exact) mass is 213 g/mol. The lowest BCUT2D eigenvalue weighted by atomic mass is 9.98. The van der Waals surface area contributed by atoms with Gasteiger partial charge in [0.1, 0.15) is 6.61 Å². The second kappa shape index (κ2) is 6.83. The number of nitrogens with zero attached hydrogens (tertiary/aromatic N) is 1. The first-order valence-corrected chi connectivity index (χ1v) is 6.17. The Labute approximate surface area is 92.8 Å². The second-order valence-corrected chi connectivity index (χ2v) is 4.14. The molecule has 1 fully saturated rings. The summed E-state index contributed by atoms with van der Waals surface area (Å²) in [6.07, 6.45) is 6.42. The highest BCUT2D eigenvalue weighted by atomic mass is 16.5. The Morgan fingerprint density at radius 2 is 1.80 bits per heavy atom. The van der Waals surface area contributed by atoms with Gasteiger partial charge in [0.05, 0.1) is 6.10 Å². The van der Waals surface area contributed by atoms with Crippen LogP contribution in [-0.2, 0) is 9.53 Å². The highest BCUT2D eigenvalue weighted by molar-refractivity contribution is 5.77. The molecule has 1 aliphatic rings. The lowest BCUT2D eigenvalue weighted by Crippen LogP contribution is -2.35. The Morgan fingerprint density at radius 3 is 2.33 bits per heavy atom. The topological polar surface area (TPSA) is 29.5 Å². The van der Waals surface area contributed by atoms with Gasteiger partial charge in [-0.1, -0.05) is 19.3 Å². The van der Waals surface area contributed by atoms with E-state index in [0.29, 0.717) is 6.10 Å². The molecule has 1 rings (SSSR count). The molecule has 0 unspecified atom stereocenters. The molecule has 0 aromatic carbocycles. The third kappa shape index (κ3) is 4.20. The minimum Gasteiger partial charge on any atom is -0.368 e. The van der Waals surface area contributed by atoms with Gasteiger partial charge in [-0.25, -0.2) is 0 Å². The zero-order valence-electron chi connectivity index (χ0n) is 10.00. The predicted octanol–water partition coefficient (Wildman–Crippen LogP) is 2.20. The van der Waals surface area contributed by atoms with Crippen molar-refractivity contribution in [1.82, 2.24) is 4.90 Å². The van der Waals surface area contributed by atoms with Crippen molar-refractivity contribution in [2.45, 2.75) is 52.1 Å². The van der Waals surface area contributed by atoms with E-state index in [-0.39, 0.29) is 12.5 Å². The molecular weight excluding hydrogens is 190 g/mol. The fourth-order valence-corrected chi connectivity index (χ4v) is 2.09. The van der Waals surface area contributed by atoms with Gasteiger partial charge in [-0.15, -0.1) is 0 Å². The standard InChI is InChI=1S/C12H23NO2/c1-3-13(4-2)12(14)10-15-11-8-6-5-7-9-11/h11H,3-10H2,1-2H3. The van der Waals surface area contributed by atoms with Crippen LogP contribution in [0.2, 0.25) is 0 Å². The fraction of sp³-hybridized carbons (Fsp3) is 0.917. The van der Waals surface area contributed by atoms with E-state index < -0.39 is 0 Å². The Morgan fingerprint density at radius 1 is 1.20 bits per heavy atom. The van der Waals surface area contributed by atoms with Gasteiger partial charge in [0.25, 0.3) is 0 Å². The summed E-state index contributed by atoms with van der Waals surface area (Å²) in [6, 6.07) is 0. The van der Waals surface area contributed by atoms with Crippen LogP contribution in [0.1, 0.15) is 46.0 Å². The van der Waals surface area contributed by atoms with E-state index in [0.717, 1.165) is 25.9 Å². The molecule has 0 aromatic rings.